The molecule has 12 rings (SSSR count). The van der Waals surface area contributed by atoms with Crippen molar-refractivity contribution in [2.24, 2.45) is 0 Å². The first-order chi connectivity index (χ1) is 25.8. The van der Waals surface area contributed by atoms with Crippen molar-refractivity contribution in [1.82, 2.24) is 9.13 Å². The Morgan fingerprint density at radius 3 is 1.77 bits per heavy atom. The monoisotopic (exact) mass is 680 g/mol. The predicted molar refractivity (Wildman–Crippen MR) is 221 cm³/mol. The largest absolute Gasteiger partial charge is 0.456 e. The van der Waals surface area contributed by atoms with Crippen LogP contribution in [0.3, 0.4) is 0 Å². The third kappa shape index (κ3) is 3.79. The minimum atomic E-state index is 0.920. The summed E-state index contributed by atoms with van der Waals surface area (Å²) in [5.74, 6) is 0. The van der Waals surface area contributed by atoms with Gasteiger partial charge in [-0.05, 0) is 71.8 Å². The Balaban J connectivity index is 1.13. The third-order valence-electron chi connectivity index (χ3n) is 10.9. The van der Waals surface area contributed by atoms with Crippen molar-refractivity contribution in [2.45, 2.75) is 0 Å². The second-order valence-electron chi connectivity index (χ2n) is 13.7. The van der Waals surface area contributed by atoms with E-state index in [1.165, 1.54) is 74.9 Å². The molecule has 0 bridgehead atoms. The molecule has 52 heavy (non-hydrogen) atoms. The molecule has 3 nitrogen and oxygen atoms in total. The first kappa shape index (κ1) is 28.1. The highest BCUT2D eigenvalue weighted by molar-refractivity contribution is 7.26. The lowest BCUT2D eigenvalue weighted by Gasteiger charge is -2.13. The van der Waals surface area contributed by atoms with Crippen LogP contribution in [0.1, 0.15) is 0 Å². The van der Waals surface area contributed by atoms with Gasteiger partial charge in [-0.25, -0.2) is 0 Å². The standard InChI is InChI=1S/C48H28N2OS/c1-2-11-30(12-3-1)49-40-17-7-4-13-33(40)37-25-26-38-34-14-5-8-18-41(34)50(48(38)47(37)49)31-22-24-39-45(28-31)52-44-20-10-16-32(46(39)44)29-21-23-36-35-15-6-9-19-42(35)51-43(36)27-29/h1-28H. The van der Waals surface area contributed by atoms with Gasteiger partial charge >= 0.3 is 0 Å². The fourth-order valence-electron chi connectivity index (χ4n) is 8.70. The number of rotatable bonds is 3. The molecule has 0 unspecified atom stereocenters. The van der Waals surface area contributed by atoms with Gasteiger partial charge in [0.25, 0.3) is 0 Å². The number of furan rings is 1. The van der Waals surface area contributed by atoms with Crippen LogP contribution in [0.4, 0.5) is 0 Å². The quantitative estimate of drug-likeness (QED) is 0.182. The van der Waals surface area contributed by atoms with Crippen LogP contribution in [0, 0.1) is 0 Å². The fraction of sp³-hybridized carbons (Fsp3) is 0. The van der Waals surface area contributed by atoms with Crippen molar-refractivity contribution in [3.05, 3.63) is 170 Å². The molecule has 0 fully saturated rings. The van der Waals surface area contributed by atoms with Crippen LogP contribution < -0.4 is 0 Å². The molecule has 4 heterocycles. The van der Waals surface area contributed by atoms with Crippen LogP contribution in [0.25, 0.3) is 108 Å². The van der Waals surface area contributed by atoms with Crippen molar-refractivity contribution in [2.75, 3.05) is 0 Å². The summed E-state index contributed by atoms with van der Waals surface area (Å²) in [6, 6.07) is 61.7. The van der Waals surface area contributed by atoms with Crippen molar-refractivity contribution < 1.29 is 4.42 Å². The summed E-state index contributed by atoms with van der Waals surface area (Å²) in [6.45, 7) is 0. The minimum absolute atomic E-state index is 0.920. The maximum Gasteiger partial charge on any atom is 0.136 e. The lowest BCUT2D eigenvalue weighted by molar-refractivity contribution is 0.669. The van der Waals surface area contributed by atoms with Crippen LogP contribution >= 0.6 is 11.3 Å². The summed E-state index contributed by atoms with van der Waals surface area (Å²) < 4.78 is 13.8. The van der Waals surface area contributed by atoms with Gasteiger partial charge in [0.2, 0.25) is 0 Å². The Labute approximate surface area is 301 Å². The first-order valence-electron chi connectivity index (χ1n) is 17.7. The van der Waals surface area contributed by atoms with Gasteiger partial charge in [-0.1, -0.05) is 109 Å². The van der Waals surface area contributed by atoms with Crippen LogP contribution in [0.15, 0.2) is 174 Å². The highest BCUT2D eigenvalue weighted by Crippen LogP contribution is 2.45. The van der Waals surface area contributed by atoms with Crippen LogP contribution in [-0.4, -0.2) is 9.13 Å². The van der Waals surface area contributed by atoms with Crippen molar-refractivity contribution in [3.8, 4) is 22.5 Å². The Bertz CT molecular complexity index is 3410. The highest BCUT2D eigenvalue weighted by Gasteiger charge is 2.22. The molecule has 4 heteroatoms. The molecule has 12 aromatic rings. The van der Waals surface area contributed by atoms with Gasteiger partial charge in [-0.2, -0.15) is 0 Å². The molecule has 0 radical (unpaired) electrons. The predicted octanol–water partition coefficient (Wildman–Crippen LogP) is 13.8. The number of aromatic nitrogens is 2. The van der Waals surface area contributed by atoms with Crippen LogP contribution in [0.2, 0.25) is 0 Å². The van der Waals surface area contributed by atoms with Gasteiger partial charge in [0.1, 0.15) is 11.2 Å². The van der Waals surface area contributed by atoms with Crippen LogP contribution in [0.5, 0.6) is 0 Å². The topological polar surface area (TPSA) is 23.0 Å². The lowest BCUT2D eigenvalue weighted by atomic mass is 9.98. The number of nitrogens with zero attached hydrogens (tertiary/aromatic N) is 2. The number of fused-ring (bicyclic) bond motifs is 13. The van der Waals surface area contributed by atoms with E-state index in [1.54, 1.807) is 0 Å². The second kappa shape index (κ2) is 10.5. The number of hydrogen-bond acceptors (Lipinski definition) is 2. The number of thiophene rings is 1. The molecule has 0 amide bonds. The van der Waals surface area contributed by atoms with E-state index in [1.807, 2.05) is 23.5 Å². The molecule has 0 aliphatic carbocycles. The molecule has 0 saturated carbocycles. The van der Waals surface area contributed by atoms with E-state index in [0.29, 0.717) is 0 Å². The second-order valence-corrected chi connectivity index (χ2v) is 14.8. The van der Waals surface area contributed by atoms with Gasteiger partial charge < -0.3 is 13.6 Å². The molecule has 0 aliphatic heterocycles. The first-order valence-corrected chi connectivity index (χ1v) is 18.5. The summed E-state index contributed by atoms with van der Waals surface area (Å²) in [7, 11) is 0. The zero-order valence-corrected chi connectivity index (χ0v) is 28.7. The van der Waals surface area contributed by atoms with E-state index < -0.39 is 0 Å². The SMILES string of the molecule is c1ccc(-n2c3ccccc3c3ccc4c5ccccc5n(-c5ccc6c(c5)sc5cccc(-c7ccc8c(c7)oc7ccccc78)c56)c4c32)cc1. The Morgan fingerprint density at radius 1 is 0.385 bits per heavy atom. The van der Waals surface area contributed by atoms with Crippen molar-refractivity contribution in [1.29, 1.82) is 0 Å². The average Bonchev–Trinajstić information content (AvgIpc) is 3.95. The fourth-order valence-corrected chi connectivity index (χ4v) is 9.87. The molecule has 0 saturated heterocycles. The summed E-state index contributed by atoms with van der Waals surface area (Å²) >= 11 is 1.87. The van der Waals surface area contributed by atoms with E-state index >= 15 is 0 Å². The smallest absolute Gasteiger partial charge is 0.136 e. The van der Waals surface area contributed by atoms with Crippen molar-refractivity contribution >= 4 is 97.1 Å². The zero-order chi connectivity index (χ0) is 33.9. The molecule has 8 aromatic carbocycles. The highest BCUT2D eigenvalue weighted by atomic mass is 32.1. The Kier molecular flexibility index (Phi) is 5.65. The van der Waals surface area contributed by atoms with E-state index in [2.05, 4.69) is 167 Å². The maximum absolute atomic E-state index is 6.31. The number of para-hydroxylation sites is 4. The summed E-state index contributed by atoms with van der Waals surface area (Å²) in [4.78, 5) is 0. The van der Waals surface area contributed by atoms with Gasteiger partial charge in [0, 0.05) is 63.9 Å². The van der Waals surface area contributed by atoms with E-state index in [9.17, 15) is 0 Å². The van der Waals surface area contributed by atoms with E-state index in [-0.39, 0.29) is 0 Å². The van der Waals surface area contributed by atoms with Gasteiger partial charge in [0.05, 0.1) is 22.1 Å². The van der Waals surface area contributed by atoms with E-state index in [0.717, 1.165) is 33.3 Å². The molecular formula is C48H28N2OS. The molecule has 0 aliphatic rings. The molecule has 0 N–H and O–H groups in total. The minimum Gasteiger partial charge on any atom is -0.456 e. The van der Waals surface area contributed by atoms with Crippen LogP contribution in [-0.2, 0) is 0 Å². The summed E-state index contributed by atoms with van der Waals surface area (Å²) in [5.41, 5.74) is 11.4. The third-order valence-corrected chi connectivity index (χ3v) is 12.0. The number of benzene rings is 8. The molecule has 4 aromatic heterocycles. The molecule has 0 atom stereocenters. The van der Waals surface area contributed by atoms with Crippen molar-refractivity contribution in [3.63, 3.8) is 0 Å². The Hall–Kier alpha value is -6.62. The van der Waals surface area contributed by atoms with E-state index in [4.69, 9.17) is 4.42 Å². The van der Waals surface area contributed by atoms with Gasteiger partial charge in [-0.3, -0.25) is 0 Å². The average molecular weight is 681 g/mol. The summed E-state index contributed by atoms with van der Waals surface area (Å²) in [5, 5.41) is 9.89. The molecular weight excluding hydrogens is 653 g/mol. The normalized spacial score (nSPS) is 12.2. The van der Waals surface area contributed by atoms with Gasteiger partial charge in [0.15, 0.2) is 0 Å². The van der Waals surface area contributed by atoms with Gasteiger partial charge in [-0.15, -0.1) is 11.3 Å². The number of hydrogen-bond donors (Lipinski definition) is 0. The summed E-state index contributed by atoms with van der Waals surface area (Å²) in [6.07, 6.45) is 0. The molecule has 242 valence electrons. The Morgan fingerprint density at radius 2 is 1.00 bits per heavy atom. The zero-order valence-electron chi connectivity index (χ0n) is 27.9. The molecule has 0 spiro atoms. The maximum atomic E-state index is 6.31. The lowest BCUT2D eigenvalue weighted by Crippen LogP contribution is -1.98.